The number of hydrogen-bond donors (Lipinski definition) is 0. The monoisotopic (exact) mass is 324 g/mol. The first-order valence-corrected chi connectivity index (χ1v) is 7.21. The van der Waals surface area contributed by atoms with E-state index in [-0.39, 0.29) is 5.41 Å². The zero-order chi connectivity index (χ0) is 16.7. The van der Waals surface area contributed by atoms with Crippen LogP contribution in [0.25, 0.3) is 5.69 Å². The van der Waals surface area contributed by atoms with Gasteiger partial charge in [0.05, 0.1) is 5.69 Å². The average Bonchev–Trinajstić information content (AvgIpc) is 2.97. The van der Waals surface area contributed by atoms with Crippen LogP contribution in [0.1, 0.15) is 19.5 Å². The topological polar surface area (TPSA) is 36.3 Å². The smallest absolute Gasteiger partial charge is 0.407 e. The minimum Gasteiger partial charge on any atom is -0.407 e. The second kappa shape index (κ2) is 5.69. The number of benzene rings is 1. The largest absolute Gasteiger partial charge is 0.493 e. The molecule has 0 unspecified atom stereocenters. The van der Waals surface area contributed by atoms with Crippen molar-refractivity contribution in [3.05, 3.63) is 42.2 Å². The summed E-state index contributed by atoms with van der Waals surface area (Å²) in [5.74, 6) is 0. The molecule has 23 heavy (non-hydrogen) atoms. The van der Waals surface area contributed by atoms with Crippen molar-refractivity contribution in [2.75, 3.05) is 13.2 Å². The molecule has 0 atom stereocenters. The van der Waals surface area contributed by atoms with Crippen molar-refractivity contribution in [3.8, 4) is 5.69 Å². The molecule has 0 N–H and O–H groups in total. The van der Waals surface area contributed by atoms with E-state index in [1.165, 1.54) is 10.9 Å². The molecule has 1 saturated heterocycles. The Labute approximate surface area is 132 Å². The quantitative estimate of drug-likeness (QED) is 0.797. The second-order valence-electron chi connectivity index (χ2n) is 6.35. The van der Waals surface area contributed by atoms with Gasteiger partial charge in [0.2, 0.25) is 0 Å². The number of hydrogen-bond acceptors (Lipinski definition) is 3. The summed E-state index contributed by atoms with van der Waals surface area (Å²) >= 11 is 0. The maximum atomic E-state index is 12.6. The SMILES string of the molecule is CC1(C)COB(c2ccc(-n3ccc(C(F)(F)F)n3)cc2)OC1. The first-order valence-electron chi connectivity index (χ1n) is 7.21. The summed E-state index contributed by atoms with van der Waals surface area (Å²) in [6, 6.07) is 7.87. The summed E-state index contributed by atoms with van der Waals surface area (Å²) in [5.41, 5.74) is 0.440. The number of aromatic nitrogens is 2. The molecule has 1 fully saturated rings. The van der Waals surface area contributed by atoms with Crippen LogP contribution in [0, 0.1) is 5.41 Å². The van der Waals surface area contributed by atoms with Gasteiger partial charge in [-0.2, -0.15) is 18.3 Å². The van der Waals surface area contributed by atoms with Crippen LogP contribution in [-0.4, -0.2) is 30.1 Å². The number of rotatable bonds is 2. The first-order chi connectivity index (χ1) is 10.7. The standard InChI is InChI=1S/C15H16BF3N2O2/c1-14(2)9-22-16(23-10-14)11-3-5-12(6-4-11)21-8-7-13(20-21)15(17,18)19/h3-8H,9-10H2,1-2H3. The van der Waals surface area contributed by atoms with Gasteiger partial charge in [0.15, 0.2) is 5.69 Å². The molecule has 0 radical (unpaired) electrons. The highest BCUT2D eigenvalue weighted by atomic mass is 19.4. The van der Waals surface area contributed by atoms with E-state index in [1.54, 1.807) is 24.3 Å². The minimum atomic E-state index is -4.44. The Morgan fingerprint density at radius 1 is 1.09 bits per heavy atom. The number of alkyl halides is 3. The highest BCUT2D eigenvalue weighted by Gasteiger charge is 2.34. The van der Waals surface area contributed by atoms with Crippen LogP contribution in [0.2, 0.25) is 0 Å². The fourth-order valence-electron chi connectivity index (χ4n) is 2.29. The third-order valence-electron chi connectivity index (χ3n) is 3.56. The van der Waals surface area contributed by atoms with Crippen LogP contribution < -0.4 is 5.46 Å². The lowest BCUT2D eigenvalue weighted by atomic mass is 9.76. The maximum absolute atomic E-state index is 12.6. The third-order valence-corrected chi connectivity index (χ3v) is 3.56. The molecule has 3 rings (SSSR count). The highest BCUT2D eigenvalue weighted by molar-refractivity contribution is 6.61. The molecule has 1 aromatic heterocycles. The lowest BCUT2D eigenvalue weighted by molar-refractivity contribution is -0.141. The molecule has 0 bridgehead atoms. The van der Waals surface area contributed by atoms with Gasteiger partial charge in [-0.05, 0) is 23.7 Å². The predicted octanol–water partition coefficient (Wildman–Crippen LogP) is 2.66. The van der Waals surface area contributed by atoms with E-state index in [1.807, 2.05) is 0 Å². The van der Waals surface area contributed by atoms with E-state index in [9.17, 15) is 13.2 Å². The van der Waals surface area contributed by atoms with Gasteiger partial charge in [-0.25, -0.2) is 4.68 Å². The lowest BCUT2D eigenvalue weighted by Crippen LogP contribution is -2.47. The van der Waals surface area contributed by atoms with Gasteiger partial charge in [-0.1, -0.05) is 26.0 Å². The molecule has 1 aromatic carbocycles. The zero-order valence-corrected chi connectivity index (χ0v) is 12.8. The molecule has 0 amide bonds. The Morgan fingerprint density at radius 2 is 1.70 bits per heavy atom. The Hall–Kier alpha value is -1.80. The van der Waals surface area contributed by atoms with Gasteiger partial charge < -0.3 is 9.31 Å². The molecule has 0 aliphatic carbocycles. The third kappa shape index (κ3) is 3.59. The van der Waals surface area contributed by atoms with Crippen LogP contribution >= 0.6 is 0 Å². The van der Waals surface area contributed by atoms with Crippen LogP contribution in [0.3, 0.4) is 0 Å². The van der Waals surface area contributed by atoms with Gasteiger partial charge in [0, 0.05) is 24.8 Å². The van der Waals surface area contributed by atoms with Crippen LogP contribution in [-0.2, 0) is 15.5 Å². The van der Waals surface area contributed by atoms with Crippen molar-refractivity contribution in [3.63, 3.8) is 0 Å². The molecule has 122 valence electrons. The molecular weight excluding hydrogens is 308 g/mol. The Balaban J connectivity index is 1.74. The predicted molar refractivity (Wildman–Crippen MR) is 79.6 cm³/mol. The molecule has 2 heterocycles. The van der Waals surface area contributed by atoms with E-state index in [0.29, 0.717) is 18.9 Å². The number of halogens is 3. The van der Waals surface area contributed by atoms with Gasteiger partial charge >= 0.3 is 13.3 Å². The summed E-state index contributed by atoms with van der Waals surface area (Å²) in [5, 5.41) is 3.54. The van der Waals surface area contributed by atoms with Crippen molar-refractivity contribution < 1.29 is 22.5 Å². The summed E-state index contributed by atoms with van der Waals surface area (Å²) in [4.78, 5) is 0. The maximum Gasteiger partial charge on any atom is 0.493 e. The van der Waals surface area contributed by atoms with Gasteiger partial charge in [0.1, 0.15) is 0 Å². The van der Waals surface area contributed by atoms with Crippen molar-refractivity contribution in [2.45, 2.75) is 20.0 Å². The molecule has 4 nitrogen and oxygen atoms in total. The summed E-state index contributed by atoms with van der Waals surface area (Å²) < 4.78 is 50.3. The molecule has 8 heteroatoms. The van der Waals surface area contributed by atoms with Gasteiger partial charge in [-0.3, -0.25) is 0 Å². The summed E-state index contributed by atoms with van der Waals surface area (Å²) in [6.45, 7) is 5.30. The van der Waals surface area contributed by atoms with Crippen molar-refractivity contribution in [2.24, 2.45) is 5.41 Å². The van der Waals surface area contributed by atoms with E-state index in [4.69, 9.17) is 9.31 Å². The Morgan fingerprint density at radius 3 is 2.22 bits per heavy atom. The van der Waals surface area contributed by atoms with Crippen molar-refractivity contribution in [1.82, 2.24) is 9.78 Å². The van der Waals surface area contributed by atoms with E-state index >= 15 is 0 Å². The molecule has 0 saturated carbocycles. The average molecular weight is 324 g/mol. The molecule has 2 aromatic rings. The second-order valence-corrected chi connectivity index (χ2v) is 6.35. The molecule has 0 spiro atoms. The molecular formula is C15H16BF3N2O2. The fraction of sp³-hybridized carbons (Fsp3) is 0.400. The van der Waals surface area contributed by atoms with Crippen molar-refractivity contribution >= 4 is 12.6 Å². The zero-order valence-electron chi connectivity index (χ0n) is 12.8. The normalized spacial score (nSPS) is 18.2. The number of nitrogens with zero attached hydrogens (tertiary/aromatic N) is 2. The first kappa shape index (κ1) is 16.1. The van der Waals surface area contributed by atoms with E-state index < -0.39 is 19.0 Å². The molecule has 1 aliphatic rings. The highest BCUT2D eigenvalue weighted by Crippen LogP contribution is 2.27. The lowest BCUT2D eigenvalue weighted by Gasteiger charge is -2.33. The van der Waals surface area contributed by atoms with E-state index in [2.05, 4.69) is 18.9 Å². The summed E-state index contributed by atoms with van der Waals surface area (Å²) in [7, 11) is -0.444. The van der Waals surface area contributed by atoms with Crippen LogP contribution in [0.4, 0.5) is 13.2 Å². The van der Waals surface area contributed by atoms with Crippen LogP contribution in [0.15, 0.2) is 36.5 Å². The Kier molecular flexibility index (Phi) is 3.97. The van der Waals surface area contributed by atoms with Crippen molar-refractivity contribution in [1.29, 1.82) is 0 Å². The fourth-order valence-corrected chi connectivity index (χ4v) is 2.29. The van der Waals surface area contributed by atoms with Crippen LogP contribution in [0.5, 0.6) is 0 Å². The van der Waals surface area contributed by atoms with Gasteiger partial charge in [0.25, 0.3) is 0 Å². The molecule has 1 aliphatic heterocycles. The summed E-state index contributed by atoms with van der Waals surface area (Å²) in [6.07, 6.45) is -3.16. The van der Waals surface area contributed by atoms with Gasteiger partial charge in [-0.15, -0.1) is 0 Å². The minimum absolute atomic E-state index is 0.0144. The van der Waals surface area contributed by atoms with E-state index in [0.717, 1.165) is 11.5 Å². The Bertz CT molecular complexity index is 673.